The molecule has 1 unspecified atom stereocenters. The maximum absolute atomic E-state index is 11.9. The van der Waals surface area contributed by atoms with E-state index in [9.17, 15) is 8.42 Å². The molecule has 5 heteroatoms. The van der Waals surface area contributed by atoms with Crippen molar-refractivity contribution in [3.8, 4) is 0 Å². The van der Waals surface area contributed by atoms with Gasteiger partial charge in [-0.05, 0) is 49.3 Å². The van der Waals surface area contributed by atoms with E-state index >= 15 is 0 Å². The number of rotatable bonds is 7. The number of hydrogen-bond acceptors (Lipinski definition) is 2. The lowest BCUT2D eigenvalue weighted by atomic mass is 10.1. The first-order valence-corrected chi connectivity index (χ1v) is 9.15. The average Bonchev–Trinajstić information content (AvgIpc) is 3.21. The Labute approximate surface area is 124 Å². The van der Waals surface area contributed by atoms with E-state index in [2.05, 4.69) is 20.7 Å². The molecule has 0 aromatic heterocycles. The van der Waals surface area contributed by atoms with Crippen LogP contribution in [0, 0.1) is 5.92 Å². The Hall–Kier alpha value is -0.390. The molecule has 19 heavy (non-hydrogen) atoms. The fraction of sp³-hybridized carbons (Fsp3) is 0.571. The number of nitrogens with one attached hydrogen (secondary N) is 1. The fourth-order valence-corrected chi connectivity index (χ4v) is 4.01. The van der Waals surface area contributed by atoms with Gasteiger partial charge in [0.25, 0.3) is 0 Å². The molecule has 0 heterocycles. The van der Waals surface area contributed by atoms with Crippen molar-refractivity contribution in [2.45, 2.75) is 42.3 Å². The molecule has 1 N–H and O–H groups in total. The van der Waals surface area contributed by atoms with Gasteiger partial charge in [0.05, 0.1) is 4.90 Å². The lowest BCUT2D eigenvalue weighted by Crippen LogP contribution is -2.24. The van der Waals surface area contributed by atoms with E-state index in [0.717, 1.165) is 18.8 Å². The van der Waals surface area contributed by atoms with Gasteiger partial charge in [-0.3, -0.25) is 0 Å². The molecule has 0 spiro atoms. The first-order valence-electron chi connectivity index (χ1n) is 6.75. The van der Waals surface area contributed by atoms with E-state index in [1.54, 1.807) is 12.1 Å². The van der Waals surface area contributed by atoms with Crippen molar-refractivity contribution >= 4 is 26.0 Å². The number of halogens is 1. The Morgan fingerprint density at radius 2 is 1.95 bits per heavy atom. The monoisotopic (exact) mass is 345 g/mol. The van der Waals surface area contributed by atoms with Gasteiger partial charge in [-0.1, -0.05) is 35.0 Å². The minimum Gasteiger partial charge on any atom is -0.211 e. The first-order chi connectivity index (χ1) is 9.03. The molecule has 1 aromatic carbocycles. The number of hydrogen-bond donors (Lipinski definition) is 1. The molecule has 0 saturated heterocycles. The van der Waals surface area contributed by atoms with Crippen LogP contribution in [-0.4, -0.2) is 19.8 Å². The number of benzene rings is 1. The minimum absolute atomic E-state index is 0.349. The second-order valence-corrected chi connectivity index (χ2v) is 8.04. The van der Waals surface area contributed by atoms with Gasteiger partial charge in [0.1, 0.15) is 0 Å². The minimum atomic E-state index is -3.33. The Morgan fingerprint density at radius 3 is 2.47 bits per heavy atom. The normalized spacial score (nSPS) is 17.4. The van der Waals surface area contributed by atoms with Gasteiger partial charge in [0.2, 0.25) is 10.0 Å². The summed E-state index contributed by atoms with van der Waals surface area (Å²) in [6.45, 7) is 2.43. The predicted molar refractivity (Wildman–Crippen MR) is 81.1 cm³/mol. The molecular formula is C14H20BrNO2S. The highest BCUT2D eigenvalue weighted by molar-refractivity contribution is 9.09. The standard InChI is InChI=1S/C14H20BrNO2S/c1-2-9-16-19(17,18)13-7-3-11(4-8-13)10-14(15)12-5-6-12/h3-4,7-8,12,14,16H,2,5-6,9-10H2,1H3. The molecule has 1 aromatic rings. The Kier molecular flexibility index (Phi) is 5.03. The Bertz CT molecular complexity index is 509. The third kappa shape index (κ3) is 4.29. The molecule has 0 bridgehead atoms. The zero-order valence-corrected chi connectivity index (χ0v) is 13.5. The molecule has 0 amide bonds. The van der Waals surface area contributed by atoms with Crippen molar-refractivity contribution in [2.75, 3.05) is 6.54 Å². The van der Waals surface area contributed by atoms with Gasteiger partial charge in [-0.15, -0.1) is 0 Å². The Morgan fingerprint density at radius 1 is 1.32 bits per heavy atom. The van der Waals surface area contributed by atoms with Crippen molar-refractivity contribution in [1.82, 2.24) is 4.72 Å². The van der Waals surface area contributed by atoms with Crippen LogP contribution in [0.1, 0.15) is 31.7 Å². The van der Waals surface area contributed by atoms with Gasteiger partial charge in [-0.2, -0.15) is 0 Å². The average molecular weight is 346 g/mol. The van der Waals surface area contributed by atoms with Crippen LogP contribution in [0.3, 0.4) is 0 Å². The van der Waals surface area contributed by atoms with Crippen molar-refractivity contribution in [3.63, 3.8) is 0 Å². The third-order valence-corrected chi connectivity index (χ3v) is 5.89. The summed E-state index contributed by atoms with van der Waals surface area (Å²) in [7, 11) is -3.33. The highest BCUT2D eigenvalue weighted by Crippen LogP contribution is 2.38. The predicted octanol–water partition coefficient (Wildman–Crippen LogP) is 3.09. The smallest absolute Gasteiger partial charge is 0.211 e. The highest BCUT2D eigenvalue weighted by Gasteiger charge is 2.29. The topological polar surface area (TPSA) is 46.2 Å². The maximum atomic E-state index is 11.9. The van der Waals surface area contributed by atoms with Crippen molar-refractivity contribution < 1.29 is 8.42 Å². The van der Waals surface area contributed by atoms with Gasteiger partial charge in [0.15, 0.2) is 0 Å². The van der Waals surface area contributed by atoms with Gasteiger partial charge in [-0.25, -0.2) is 13.1 Å². The van der Waals surface area contributed by atoms with E-state index in [1.165, 1.54) is 18.4 Å². The molecule has 0 radical (unpaired) electrons. The molecule has 1 atom stereocenters. The number of sulfonamides is 1. The van der Waals surface area contributed by atoms with Crippen molar-refractivity contribution in [1.29, 1.82) is 0 Å². The second kappa shape index (κ2) is 6.37. The van der Waals surface area contributed by atoms with Gasteiger partial charge >= 0.3 is 0 Å². The molecule has 1 aliphatic rings. The SMILES string of the molecule is CCCNS(=O)(=O)c1ccc(CC(Br)C2CC2)cc1. The van der Waals surface area contributed by atoms with Crippen LogP contribution in [0.2, 0.25) is 0 Å². The second-order valence-electron chi connectivity index (χ2n) is 5.10. The van der Waals surface area contributed by atoms with E-state index in [4.69, 9.17) is 0 Å². The molecular weight excluding hydrogens is 326 g/mol. The largest absolute Gasteiger partial charge is 0.240 e. The van der Waals surface area contributed by atoms with Crippen LogP contribution in [0.25, 0.3) is 0 Å². The van der Waals surface area contributed by atoms with Crippen LogP contribution in [0.15, 0.2) is 29.2 Å². The number of alkyl halides is 1. The summed E-state index contributed by atoms with van der Waals surface area (Å²) in [6.07, 6.45) is 4.38. The lowest BCUT2D eigenvalue weighted by Gasteiger charge is -2.09. The zero-order chi connectivity index (χ0) is 13.9. The van der Waals surface area contributed by atoms with Crippen molar-refractivity contribution in [2.24, 2.45) is 5.92 Å². The summed E-state index contributed by atoms with van der Waals surface area (Å²) in [5.41, 5.74) is 1.18. The summed E-state index contributed by atoms with van der Waals surface area (Å²) in [6, 6.07) is 7.22. The highest BCUT2D eigenvalue weighted by atomic mass is 79.9. The summed E-state index contributed by atoms with van der Waals surface area (Å²) in [5, 5.41) is 0. The molecule has 2 rings (SSSR count). The molecule has 106 valence electrons. The van der Waals surface area contributed by atoms with E-state index in [1.807, 2.05) is 19.1 Å². The van der Waals surface area contributed by atoms with Crippen LogP contribution >= 0.6 is 15.9 Å². The third-order valence-electron chi connectivity index (χ3n) is 3.34. The van der Waals surface area contributed by atoms with Gasteiger partial charge in [0, 0.05) is 11.4 Å². The first kappa shape index (κ1) is 15.0. The summed E-state index contributed by atoms with van der Waals surface area (Å²) >= 11 is 3.70. The molecule has 3 nitrogen and oxygen atoms in total. The molecule has 1 aliphatic carbocycles. The quantitative estimate of drug-likeness (QED) is 0.771. The summed E-state index contributed by atoms with van der Waals surface area (Å²) < 4.78 is 26.4. The Balaban J connectivity index is 2.01. The van der Waals surface area contributed by atoms with Crippen LogP contribution < -0.4 is 4.72 Å². The van der Waals surface area contributed by atoms with E-state index < -0.39 is 10.0 Å². The molecule has 0 aliphatic heterocycles. The van der Waals surface area contributed by atoms with Gasteiger partial charge < -0.3 is 0 Å². The van der Waals surface area contributed by atoms with Crippen molar-refractivity contribution in [3.05, 3.63) is 29.8 Å². The summed E-state index contributed by atoms with van der Waals surface area (Å²) in [5.74, 6) is 0.801. The van der Waals surface area contributed by atoms with E-state index in [-0.39, 0.29) is 0 Å². The zero-order valence-electron chi connectivity index (χ0n) is 11.1. The van der Waals surface area contributed by atoms with Crippen LogP contribution in [0.5, 0.6) is 0 Å². The molecule has 1 saturated carbocycles. The van der Waals surface area contributed by atoms with Crippen LogP contribution in [-0.2, 0) is 16.4 Å². The molecule has 1 fully saturated rings. The maximum Gasteiger partial charge on any atom is 0.240 e. The lowest BCUT2D eigenvalue weighted by molar-refractivity contribution is 0.581. The summed E-state index contributed by atoms with van der Waals surface area (Å²) in [4.78, 5) is 0.871. The fourth-order valence-electron chi connectivity index (χ4n) is 1.97. The van der Waals surface area contributed by atoms with E-state index in [0.29, 0.717) is 16.3 Å². The van der Waals surface area contributed by atoms with Crippen LogP contribution in [0.4, 0.5) is 0 Å².